The summed E-state index contributed by atoms with van der Waals surface area (Å²) in [6, 6.07) is 22.6. The molecule has 0 bridgehead atoms. The summed E-state index contributed by atoms with van der Waals surface area (Å²) >= 11 is 6.39. The summed E-state index contributed by atoms with van der Waals surface area (Å²) in [6.07, 6.45) is 0.784. The van der Waals surface area contributed by atoms with E-state index in [0.29, 0.717) is 23.0 Å². The largest absolute Gasteiger partial charge is 0.350 e. The molecule has 1 aliphatic heterocycles. The Labute approximate surface area is 211 Å². The third-order valence-electron chi connectivity index (χ3n) is 6.43. The number of carbonyl (C=O) groups is 2. The summed E-state index contributed by atoms with van der Waals surface area (Å²) in [7, 11) is 0. The maximum absolute atomic E-state index is 13.8. The lowest BCUT2D eigenvalue weighted by atomic mass is 9.98. The Morgan fingerprint density at radius 3 is 2.49 bits per heavy atom. The Bertz CT molecular complexity index is 1240. The Balaban J connectivity index is 1.70. The van der Waals surface area contributed by atoms with E-state index in [1.165, 1.54) is 0 Å². The number of aryl methyl sites for hydroxylation is 1. The standard InChI is InChI=1S/C29H30ClN3O2/c1-4-20(3)27-29(35)33(18-26(34)31-17-21-12-10-19(2)11-13-21)25-15-14-23(30)16-24(25)28(32-27)22-8-6-5-7-9-22/h5-16,20,27H,4,17-18H2,1-3H3,(H,31,34)/t20-,27+/m0/s1. The van der Waals surface area contributed by atoms with Crippen LogP contribution in [-0.4, -0.2) is 30.1 Å². The molecule has 180 valence electrons. The van der Waals surface area contributed by atoms with Crippen molar-refractivity contribution in [3.05, 3.63) is 100 Å². The lowest BCUT2D eigenvalue weighted by Crippen LogP contribution is -2.46. The SMILES string of the molecule is CC[C@H](C)[C@H]1N=C(c2ccccc2)c2cc(Cl)ccc2N(CC(=O)NCc2ccc(C)cc2)C1=O. The van der Waals surface area contributed by atoms with E-state index in [2.05, 4.69) is 5.32 Å². The van der Waals surface area contributed by atoms with Gasteiger partial charge >= 0.3 is 0 Å². The number of benzene rings is 3. The van der Waals surface area contributed by atoms with Crippen LogP contribution in [0.5, 0.6) is 0 Å². The van der Waals surface area contributed by atoms with Crippen molar-refractivity contribution in [1.29, 1.82) is 0 Å². The summed E-state index contributed by atoms with van der Waals surface area (Å²) in [4.78, 5) is 33.4. The lowest BCUT2D eigenvalue weighted by molar-refractivity contribution is -0.125. The number of rotatable bonds is 7. The molecule has 35 heavy (non-hydrogen) atoms. The van der Waals surface area contributed by atoms with Gasteiger partial charge in [0.05, 0.1) is 11.4 Å². The normalized spacial score (nSPS) is 16.2. The van der Waals surface area contributed by atoms with Gasteiger partial charge in [0.2, 0.25) is 5.91 Å². The summed E-state index contributed by atoms with van der Waals surface area (Å²) in [5.41, 5.74) is 5.17. The molecule has 5 nitrogen and oxygen atoms in total. The second-order valence-electron chi connectivity index (χ2n) is 9.02. The van der Waals surface area contributed by atoms with Crippen LogP contribution in [0.1, 0.15) is 42.5 Å². The quantitative estimate of drug-likeness (QED) is 0.474. The smallest absolute Gasteiger partial charge is 0.252 e. The predicted molar refractivity (Wildman–Crippen MR) is 142 cm³/mol. The molecule has 2 atom stereocenters. The van der Waals surface area contributed by atoms with Crippen LogP contribution in [-0.2, 0) is 16.1 Å². The molecular weight excluding hydrogens is 458 g/mol. The van der Waals surface area contributed by atoms with Crippen LogP contribution in [0.4, 0.5) is 5.69 Å². The molecule has 0 aliphatic carbocycles. The molecule has 0 saturated carbocycles. The molecule has 2 amide bonds. The minimum absolute atomic E-state index is 0.00381. The number of halogens is 1. The average molecular weight is 488 g/mol. The zero-order valence-corrected chi connectivity index (χ0v) is 21.0. The Morgan fingerprint density at radius 2 is 1.80 bits per heavy atom. The van der Waals surface area contributed by atoms with Gasteiger partial charge in [-0.2, -0.15) is 0 Å². The van der Waals surface area contributed by atoms with Crippen LogP contribution < -0.4 is 10.2 Å². The number of nitrogens with one attached hydrogen (secondary N) is 1. The first-order chi connectivity index (χ1) is 16.9. The highest BCUT2D eigenvalue weighted by molar-refractivity contribution is 6.32. The van der Waals surface area contributed by atoms with E-state index in [1.54, 1.807) is 17.0 Å². The second kappa shape index (κ2) is 10.9. The average Bonchev–Trinajstić information content (AvgIpc) is 2.98. The van der Waals surface area contributed by atoms with Gasteiger partial charge in [-0.1, -0.05) is 92.0 Å². The van der Waals surface area contributed by atoms with Gasteiger partial charge in [-0.05, 0) is 36.6 Å². The van der Waals surface area contributed by atoms with Crippen molar-refractivity contribution in [3.8, 4) is 0 Å². The fraction of sp³-hybridized carbons (Fsp3) is 0.276. The maximum Gasteiger partial charge on any atom is 0.252 e. The summed E-state index contributed by atoms with van der Waals surface area (Å²) in [5.74, 6) is -0.408. The number of amides is 2. The molecule has 1 aliphatic rings. The van der Waals surface area contributed by atoms with Crippen LogP contribution >= 0.6 is 11.6 Å². The van der Waals surface area contributed by atoms with Gasteiger partial charge in [-0.15, -0.1) is 0 Å². The lowest BCUT2D eigenvalue weighted by Gasteiger charge is -2.26. The van der Waals surface area contributed by atoms with Crippen molar-refractivity contribution in [2.45, 2.75) is 39.8 Å². The number of hydrogen-bond donors (Lipinski definition) is 1. The highest BCUT2D eigenvalue weighted by atomic mass is 35.5. The zero-order chi connectivity index (χ0) is 24.9. The highest BCUT2D eigenvalue weighted by Crippen LogP contribution is 2.32. The van der Waals surface area contributed by atoms with E-state index in [4.69, 9.17) is 16.6 Å². The van der Waals surface area contributed by atoms with E-state index in [9.17, 15) is 9.59 Å². The molecule has 0 saturated heterocycles. The van der Waals surface area contributed by atoms with Gasteiger partial charge in [0.1, 0.15) is 12.6 Å². The molecule has 0 spiro atoms. The number of anilines is 1. The molecular formula is C29H30ClN3O2. The van der Waals surface area contributed by atoms with E-state index in [0.717, 1.165) is 28.7 Å². The van der Waals surface area contributed by atoms with Crippen molar-refractivity contribution < 1.29 is 9.59 Å². The van der Waals surface area contributed by atoms with Crippen LogP contribution in [0.2, 0.25) is 5.02 Å². The van der Waals surface area contributed by atoms with E-state index < -0.39 is 6.04 Å². The predicted octanol–water partition coefficient (Wildman–Crippen LogP) is 5.56. The minimum Gasteiger partial charge on any atom is -0.350 e. The van der Waals surface area contributed by atoms with Crippen molar-refractivity contribution in [3.63, 3.8) is 0 Å². The number of aliphatic imine (C=N–C) groups is 1. The maximum atomic E-state index is 13.8. The van der Waals surface area contributed by atoms with E-state index in [-0.39, 0.29) is 24.3 Å². The van der Waals surface area contributed by atoms with Crippen molar-refractivity contribution in [2.24, 2.45) is 10.9 Å². The van der Waals surface area contributed by atoms with Gasteiger partial charge in [0.15, 0.2) is 0 Å². The Morgan fingerprint density at radius 1 is 1.09 bits per heavy atom. The van der Waals surface area contributed by atoms with Crippen molar-refractivity contribution in [1.82, 2.24) is 5.32 Å². The van der Waals surface area contributed by atoms with Crippen LogP contribution in [0.3, 0.4) is 0 Å². The van der Waals surface area contributed by atoms with Gasteiger partial charge < -0.3 is 10.2 Å². The Hall–Kier alpha value is -3.44. The van der Waals surface area contributed by atoms with Gasteiger partial charge in [0.25, 0.3) is 5.91 Å². The molecule has 4 rings (SSSR count). The molecule has 0 radical (unpaired) electrons. The van der Waals surface area contributed by atoms with Crippen molar-refractivity contribution in [2.75, 3.05) is 11.4 Å². The molecule has 3 aromatic rings. The first-order valence-corrected chi connectivity index (χ1v) is 12.3. The monoisotopic (exact) mass is 487 g/mol. The third-order valence-corrected chi connectivity index (χ3v) is 6.67. The zero-order valence-electron chi connectivity index (χ0n) is 20.3. The summed E-state index contributed by atoms with van der Waals surface area (Å²) in [5, 5.41) is 3.50. The number of fused-ring (bicyclic) bond motifs is 1. The molecule has 0 aromatic heterocycles. The van der Waals surface area contributed by atoms with Gasteiger partial charge in [-0.3, -0.25) is 14.6 Å². The summed E-state index contributed by atoms with van der Waals surface area (Å²) in [6.45, 7) is 6.39. The molecule has 1 heterocycles. The molecule has 6 heteroatoms. The second-order valence-corrected chi connectivity index (χ2v) is 9.46. The Kier molecular flexibility index (Phi) is 7.67. The molecule has 0 unspecified atom stereocenters. The number of benzodiazepines with no additional fused rings is 1. The fourth-order valence-electron chi connectivity index (χ4n) is 4.16. The van der Waals surface area contributed by atoms with Crippen LogP contribution in [0.15, 0.2) is 77.8 Å². The number of hydrogen-bond acceptors (Lipinski definition) is 3. The molecule has 1 N–H and O–H groups in total. The first kappa shape index (κ1) is 24.7. The number of carbonyl (C=O) groups excluding carboxylic acids is 2. The van der Waals surface area contributed by atoms with Crippen molar-refractivity contribution >= 4 is 34.8 Å². The first-order valence-electron chi connectivity index (χ1n) is 11.9. The summed E-state index contributed by atoms with van der Waals surface area (Å²) < 4.78 is 0. The molecule has 0 fully saturated rings. The third kappa shape index (κ3) is 5.63. The topological polar surface area (TPSA) is 61.8 Å². The minimum atomic E-state index is -0.605. The van der Waals surface area contributed by atoms with Gasteiger partial charge in [0, 0.05) is 22.7 Å². The highest BCUT2D eigenvalue weighted by Gasteiger charge is 2.35. The van der Waals surface area contributed by atoms with Crippen LogP contribution in [0, 0.1) is 12.8 Å². The van der Waals surface area contributed by atoms with Gasteiger partial charge in [-0.25, -0.2) is 0 Å². The fourth-order valence-corrected chi connectivity index (χ4v) is 4.34. The van der Waals surface area contributed by atoms with E-state index in [1.807, 2.05) is 81.4 Å². The van der Waals surface area contributed by atoms with Crippen LogP contribution in [0.25, 0.3) is 0 Å². The molecule has 3 aromatic carbocycles. The number of nitrogens with zero attached hydrogens (tertiary/aromatic N) is 2. The van der Waals surface area contributed by atoms with E-state index >= 15 is 0 Å².